The van der Waals surface area contributed by atoms with Gasteiger partial charge < -0.3 is 5.32 Å². The van der Waals surface area contributed by atoms with Crippen molar-refractivity contribution in [1.29, 1.82) is 0 Å². The van der Waals surface area contributed by atoms with Crippen molar-refractivity contribution in [3.05, 3.63) is 35.4 Å². The second-order valence-electron chi connectivity index (χ2n) is 3.81. The number of aryl methyl sites for hydroxylation is 1. The molecular formula is C12H12ClNO2. The summed E-state index contributed by atoms with van der Waals surface area (Å²) in [4.78, 5) is 23.2. The number of hydrogen-bond donors (Lipinski definition) is 1. The Bertz CT molecular complexity index is 431. The van der Waals surface area contributed by atoms with Crippen molar-refractivity contribution < 1.29 is 9.59 Å². The van der Waals surface area contributed by atoms with Gasteiger partial charge in [-0.15, -0.1) is 11.6 Å². The van der Waals surface area contributed by atoms with E-state index in [0.29, 0.717) is 12.0 Å². The Morgan fingerprint density at radius 3 is 2.94 bits per heavy atom. The molecule has 4 heteroatoms. The highest BCUT2D eigenvalue weighted by Gasteiger charge is 2.27. The molecular weight excluding hydrogens is 226 g/mol. The lowest BCUT2D eigenvalue weighted by Crippen LogP contribution is -2.44. The minimum absolute atomic E-state index is 0.0136. The second kappa shape index (κ2) is 4.66. The first-order valence-corrected chi connectivity index (χ1v) is 5.73. The molecule has 0 saturated carbocycles. The molecule has 1 atom stereocenters. The van der Waals surface area contributed by atoms with E-state index in [2.05, 4.69) is 5.32 Å². The maximum atomic E-state index is 12.0. The number of rotatable bonds is 2. The highest BCUT2D eigenvalue weighted by Crippen LogP contribution is 2.21. The van der Waals surface area contributed by atoms with Crippen molar-refractivity contribution in [2.75, 3.05) is 5.88 Å². The summed E-state index contributed by atoms with van der Waals surface area (Å²) in [6.45, 7) is 0. The fourth-order valence-electron chi connectivity index (χ4n) is 1.97. The highest BCUT2D eigenvalue weighted by atomic mass is 35.5. The third kappa shape index (κ3) is 2.09. The average Bonchev–Trinajstić information content (AvgIpc) is 2.33. The molecule has 1 amide bonds. The van der Waals surface area contributed by atoms with Crippen LogP contribution in [0.15, 0.2) is 24.3 Å². The molecule has 0 aromatic heterocycles. The normalized spacial score (nSPS) is 19.1. The summed E-state index contributed by atoms with van der Waals surface area (Å²) < 4.78 is 0. The molecule has 84 valence electrons. The number of fused-ring (bicyclic) bond motifs is 1. The third-order valence-electron chi connectivity index (χ3n) is 2.76. The van der Waals surface area contributed by atoms with E-state index < -0.39 is 6.04 Å². The molecule has 0 radical (unpaired) electrons. The molecule has 0 bridgehead atoms. The first-order chi connectivity index (χ1) is 7.72. The fraction of sp³-hybridized carbons (Fsp3) is 0.333. The van der Waals surface area contributed by atoms with Gasteiger partial charge in [0.05, 0.1) is 6.04 Å². The van der Waals surface area contributed by atoms with E-state index in [1.165, 1.54) is 0 Å². The predicted molar refractivity (Wildman–Crippen MR) is 61.7 cm³/mol. The Kier molecular flexibility index (Phi) is 3.25. The van der Waals surface area contributed by atoms with Crippen molar-refractivity contribution in [2.24, 2.45) is 0 Å². The van der Waals surface area contributed by atoms with Crippen molar-refractivity contribution in [2.45, 2.75) is 18.9 Å². The Labute approximate surface area is 98.8 Å². The molecule has 3 nitrogen and oxygen atoms in total. The second-order valence-corrected chi connectivity index (χ2v) is 4.08. The quantitative estimate of drug-likeness (QED) is 0.794. The van der Waals surface area contributed by atoms with E-state index in [1.54, 1.807) is 6.07 Å². The molecule has 1 aliphatic carbocycles. The van der Waals surface area contributed by atoms with Gasteiger partial charge in [0.15, 0.2) is 5.78 Å². The van der Waals surface area contributed by atoms with Crippen LogP contribution in [0.4, 0.5) is 0 Å². The number of amides is 1. The molecule has 16 heavy (non-hydrogen) atoms. The lowest BCUT2D eigenvalue weighted by molar-refractivity contribution is -0.119. The van der Waals surface area contributed by atoms with Crippen LogP contribution in [0.2, 0.25) is 0 Å². The van der Waals surface area contributed by atoms with Gasteiger partial charge in [0.25, 0.3) is 0 Å². The molecule has 0 saturated heterocycles. The van der Waals surface area contributed by atoms with E-state index in [9.17, 15) is 9.59 Å². The van der Waals surface area contributed by atoms with Crippen LogP contribution in [-0.4, -0.2) is 23.6 Å². The van der Waals surface area contributed by atoms with Crippen LogP contribution in [0, 0.1) is 0 Å². The van der Waals surface area contributed by atoms with Crippen LogP contribution in [0.5, 0.6) is 0 Å². The molecule has 0 heterocycles. The first-order valence-electron chi connectivity index (χ1n) is 5.20. The Morgan fingerprint density at radius 1 is 1.44 bits per heavy atom. The smallest absolute Gasteiger partial charge is 0.235 e. The predicted octanol–water partition coefficient (Wildman–Crippen LogP) is 1.54. The van der Waals surface area contributed by atoms with Crippen LogP contribution in [0.25, 0.3) is 0 Å². The van der Waals surface area contributed by atoms with E-state index in [-0.39, 0.29) is 17.6 Å². The summed E-state index contributed by atoms with van der Waals surface area (Å²) in [6, 6.07) is 7.09. The molecule has 0 fully saturated rings. The minimum Gasteiger partial charge on any atom is -0.345 e. The number of hydrogen-bond acceptors (Lipinski definition) is 2. The van der Waals surface area contributed by atoms with Crippen LogP contribution in [0.1, 0.15) is 22.3 Å². The Hall–Kier alpha value is -1.35. The summed E-state index contributed by atoms with van der Waals surface area (Å²) in [5, 5.41) is 2.64. The standard InChI is InChI=1S/C12H12ClNO2/c13-7-11(15)14-10-6-5-8-3-1-2-4-9(8)12(10)16/h1-4,10H,5-7H2,(H,14,15)/t10-/m1/s1. The van der Waals surface area contributed by atoms with Crippen molar-refractivity contribution in [1.82, 2.24) is 5.32 Å². The summed E-state index contributed by atoms with van der Waals surface area (Å²) in [7, 11) is 0. The zero-order valence-electron chi connectivity index (χ0n) is 8.70. The highest BCUT2D eigenvalue weighted by molar-refractivity contribution is 6.27. The van der Waals surface area contributed by atoms with Crippen molar-refractivity contribution in [3.63, 3.8) is 0 Å². The first kappa shape index (κ1) is 11.1. The molecule has 1 N–H and O–H groups in total. The zero-order chi connectivity index (χ0) is 11.5. The van der Waals surface area contributed by atoms with Crippen LogP contribution >= 0.6 is 11.6 Å². The maximum Gasteiger partial charge on any atom is 0.235 e. The topological polar surface area (TPSA) is 46.2 Å². The van der Waals surface area contributed by atoms with E-state index >= 15 is 0 Å². The van der Waals surface area contributed by atoms with Gasteiger partial charge in [0.1, 0.15) is 5.88 Å². The fourth-order valence-corrected chi connectivity index (χ4v) is 2.05. The zero-order valence-corrected chi connectivity index (χ0v) is 9.46. The minimum atomic E-state index is -0.416. The number of alkyl halides is 1. The molecule has 0 unspecified atom stereocenters. The summed E-state index contributed by atoms with van der Waals surface area (Å²) in [5.74, 6) is -0.412. The van der Waals surface area contributed by atoms with Crippen LogP contribution in [-0.2, 0) is 11.2 Å². The molecule has 1 aromatic rings. The van der Waals surface area contributed by atoms with E-state index in [4.69, 9.17) is 11.6 Å². The van der Waals surface area contributed by atoms with Gasteiger partial charge in [-0.25, -0.2) is 0 Å². The van der Waals surface area contributed by atoms with Gasteiger partial charge in [-0.1, -0.05) is 24.3 Å². The largest absolute Gasteiger partial charge is 0.345 e. The Balaban J connectivity index is 2.18. The number of ketones is 1. The van der Waals surface area contributed by atoms with Gasteiger partial charge >= 0.3 is 0 Å². The summed E-state index contributed by atoms with van der Waals surface area (Å²) >= 11 is 5.40. The third-order valence-corrected chi connectivity index (χ3v) is 3.00. The lowest BCUT2D eigenvalue weighted by atomic mass is 9.87. The number of Topliss-reactive ketones (excluding diaryl/α,β-unsaturated/α-hetero) is 1. The molecule has 1 aliphatic rings. The number of halogens is 1. The van der Waals surface area contributed by atoms with Gasteiger partial charge in [-0.3, -0.25) is 9.59 Å². The van der Waals surface area contributed by atoms with Crippen molar-refractivity contribution >= 4 is 23.3 Å². The summed E-state index contributed by atoms with van der Waals surface area (Å²) in [5.41, 5.74) is 1.78. The lowest BCUT2D eigenvalue weighted by Gasteiger charge is -2.23. The number of carbonyl (C=O) groups is 2. The molecule has 2 rings (SSSR count). The van der Waals surface area contributed by atoms with Gasteiger partial charge in [-0.05, 0) is 18.4 Å². The molecule has 0 spiro atoms. The SMILES string of the molecule is O=C(CCl)N[C@@H]1CCc2ccccc2C1=O. The number of nitrogens with one attached hydrogen (secondary N) is 1. The van der Waals surface area contributed by atoms with Gasteiger partial charge in [0.2, 0.25) is 5.91 Å². The number of benzene rings is 1. The monoisotopic (exact) mass is 237 g/mol. The molecule has 1 aromatic carbocycles. The maximum absolute atomic E-state index is 12.0. The average molecular weight is 238 g/mol. The van der Waals surface area contributed by atoms with Crippen molar-refractivity contribution in [3.8, 4) is 0 Å². The molecule has 0 aliphatic heterocycles. The summed E-state index contributed by atoms with van der Waals surface area (Å²) in [6.07, 6.45) is 1.47. The van der Waals surface area contributed by atoms with Gasteiger partial charge in [-0.2, -0.15) is 0 Å². The Morgan fingerprint density at radius 2 is 2.19 bits per heavy atom. The van der Waals surface area contributed by atoms with Crippen LogP contribution < -0.4 is 5.32 Å². The van der Waals surface area contributed by atoms with E-state index in [1.807, 2.05) is 18.2 Å². The number of carbonyl (C=O) groups excluding carboxylic acids is 2. The van der Waals surface area contributed by atoms with Gasteiger partial charge in [0, 0.05) is 5.56 Å². The van der Waals surface area contributed by atoms with Crippen LogP contribution in [0.3, 0.4) is 0 Å². The van der Waals surface area contributed by atoms with E-state index in [0.717, 1.165) is 12.0 Å².